The van der Waals surface area contributed by atoms with E-state index in [4.69, 9.17) is 14.4 Å². The first kappa shape index (κ1) is 24.3. The SMILES string of the molecule is Oc1ccccc1-c1nc2c(-c3cccc(N(c4ccccn4)c4cccc5oc6ccccc6c45)c3)cccc2s1. The Morgan fingerprint density at radius 2 is 1.48 bits per heavy atom. The minimum Gasteiger partial charge on any atom is -0.507 e. The number of anilines is 3. The molecule has 0 unspecified atom stereocenters. The molecule has 0 amide bonds. The van der Waals surface area contributed by atoms with Crippen LogP contribution >= 0.6 is 11.3 Å². The Bertz CT molecular complexity index is 2240. The molecular formula is C36H23N3O2S. The van der Waals surface area contributed by atoms with Crippen molar-refractivity contribution in [3.63, 3.8) is 0 Å². The molecule has 5 nitrogen and oxygen atoms in total. The Labute approximate surface area is 245 Å². The highest BCUT2D eigenvalue weighted by molar-refractivity contribution is 7.21. The fourth-order valence-electron chi connectivity index (χ4n) is 5.59. The second kappa shape index (κ2) is 9.87. The zero-order valence-electron chi connectivity index (χ0n) is 22.3. The molecule has 1 N–H and O–H groups in total. The maximum Gasteiger partial charge on any atom is 0.137 e. The van der Waals surface area contributed by atoms with E-state index in [-0.39, 0.29) is 5.75 Å². The van der Waals surface area contributed by atoms with Gasteiger partial charge in [0.25, 0.3) is 0 Å². The summed E-state index contributed by atoms with van der Waals surface area (Å²) >= 11 is 1.58. The molecule has 5 aromatic carbocycles. The maximum atomic E-state index is 10.5. The number of thiazole rings is 1. The molecule has 8 aromatic rings. The van der Waals surface area contributed by atoms with Gasteiger partial charge >= 0.3 is 0 Å². The van der Waals surface area contributed by atoms with E-state index in [2.05, 4.69) is 59.5 Å². The second-order valence-corrected chi connectivity index (χ2v) is 11.0. The van der Waals surface area contributed by atoms with E-state index in [0.717, 1.165) is 71.0 Å². The van der Waals surface area contributed by atoms with Crippen LogP contribution in [-0.2, 0) is 0 Å². The lowest BCUT2D eigenvalue weighted by Gasteiger charge is -2.25. The number of para-hydroxylation sites is 3. The maximum absolute atomic E-state index is 10.5. The molecule has 3 heterocycles. The monoisotopic (exact) mass is 561 g/mol. The largest absolute Gasteiger partial charge is 0.507 e. The highest BCUT2D eigenvalue weighted by Gasteiger charge is 2.21. The molecule has 0 aliphatic carbocycles. The van der Waals surface area contributed by atoms with Gasteiger partial charge in [-0.15, -0.1) is 11.3 Å². The van der Waals surface area contributed by atoms with Gasteiger partial charge in [-0.2, -0.15) is 0 Å². The van der Waals surface area contributed by atoms with Crippen LogP contribution < -0.4 is 4.90 Å². The van der Waals surface area contributed by atoms with Gasteiger partial charge < -0.3 is 9.52 Å². The quantitative estimate of drug-likeness (QED) is 0.226. The Hall–Kier alpha value is -5.46. The number of aromatic nitrogens is 2. The third kappa shape index (κ3) is 4.00. The number of fused-ring (bicyclic) bond motifs is 4. The van der Waals surface area contributed by atoms with Gasteiger partial charge in [0, 0.05) is 22.8 Å². The fourth-order valence-corrected chi connectivity index (χ4v) is 6.61. The van der Waals surface area contributed by atoms with Gasteiger partial charge in [-0.3, -0.25) is 4.90 Å². The van der Waals surface area contributed by atoms with Crippen molar-refractivity contribution >= 4 is 60.7 Å². The van der Waals surface area contributed by atoms with Crippen molar-refractivity contribution in [2.24, 2.45) is 0 Å². The number of furan rings is 1. The zero-order chi connectivity index (χ0) is 28.0. The molecule has 0 aliphatic rings. The van der Waals surface area contributed by atoms with Crippen LogP contribution in [0.15, 0.2) is 138 Å². The number of hydrogen-bond donors (Lipinski definition) is 1. The number of phenols is 1. The lowest BCUT2D eigenvalue weighted by Crippen LogP contribution is -2.11. The van der Waals surface area contributed by atoms with Crippen LogP contribution in [0.3, 0.4) is 0 Å². The fraction of sp³-hybridized carbons (Fsp3) is 0. The lowest BCUT2D eigenvalue weighted by atomic mass is 10.0. The summed E-state index contributed by atoms with van der Waals surface area (Å²) in [4.78, 5) is 11.9. The second-order valence-electron chi connectivity index (χ2n) is 10.0. The summed E-state index contributed by atoms with van der Waals surface area (Å²) in [6, 6.07) is 42.3. The van der Waals surface area contributed by atoms with Crippen LogP contribution in [0.1, 0.15) is 0 Å². The molecular weight excluding hydrogens is 538 g/mol. The first-order valence-electron chi connectivity index (χ1n) is 13.6. The molecule has 0 atom stereocenters. The van der Waals surface area contributed by atoms with E-state index < -0.39 is 0 Å². The highest BCUT2D eigenvalue weighted by Crippen LogP contribution is 2.44. The third-order valence-corrected chi connectivity index (χ3v) is 8.52. The van der Waals surface area contributed by atoms with Gasteiger partial charge in [-0.05, 0) is 66.2 Å². The van der Waals surface area contributed by atoms with Crippen LogP contribution in [0.25, 0.3) is 53.9 Å². The summed E-state index contributed by atoms with van der Waals surface area (Å²) in [5.41, 5.74) is 7.35. The number of phenolic OH excluding ortho intramolecular Hbond substituents is 1. The summed E-state index contributed by atoms with van der Waals surface area (Å²) < 4.78 is 7.29. The summed E-state index contributed by atoms with van der Waals surface area (Å²) in [6.07, 6.45) is 1.82. The number of nitrogens with zero attached hydrogens (tertiary/aromatic N) is 3. The van der Waals surface area contributed by atoms with Gasteiger partial charge in [0.15, 0.2) is 0 Å². The molecule has 42 heavy (non-hydrogen) atoms. The van der Waals surface area contributed by atoms with Crippen LogP contribution in [-0.4, -0.2) is 15.1 Å². The molecule has 6 heteroatoms. The van der Waals surface area contributed by atoms with Gasteiger partial charge in [-0.1, -0.05) is 66.7 Å². The van der Waals surface area contributed by atoms with Gasteiger partial charge in [0.2, 0.25) is 0 Å². The van der Waals surface area contributed by atoms with Gasteiger partial charge in [0.1, 0.15) is 27.7 Å². The number of pyridine rings is 1. The number of hydrogen-bond acceptors (Lipinski definition) is 6. The molecule has 0 fully saturated rings. The molecule has 8 rings (SSSR count). The van der Waals surface area contributed by atoms with Crippen molar-refractivity contribution in [3.05, 3.63) is 134 Å². The van der Waals surface area contributed by atoms with Crippen molar-refractivity contribution in [3.8, 4) is 27.4 Å². The Morgan fingerprint density at radius 1 is 0.690 bits per heavy atom. The Morgan fingerprint density at radius 3 is 2.38 bits per heavy atom. The molecule has 200 valence electrons. The van der Waals surface area contributed by atoms with Crippen molar-refractivity contribution < 1.29 is 9.52 Å². The standard InChI is InChI=1S/C36H23N3O2S/c40-29-16-3-1-12-26(29)36-38-35-25(14-8-19-32(35)42-36)23-10-7-11-24(22-23)39(33-20-5-6-21-37-33)28-15-9-18-31-34(28)27-13-2-4-17-30(27)41-31/h1-22,40H. The Balaban J connectivity index is 1.32. The van der Waals surface area contributed by atoms with Crippen LogP contribution in [0.4, 0.5) is 17.2 Å². The van der Waals surface area contributed by atoms with Crippen molar-refractivity contribution in [1.82, 2.24) is 9.97 Å². The lowest BCUT2D eigenvalue weighted by molar-refractivity contribution is 0.477. The normalized spacial score (nSPS) is 11.4. The van der Waals surface area contributed by atoms with Crippen molar-refractivity contribution in [2.75, 3.05) is 4.90 Å². The van der Waals surface area contributed by atoms with Crippen molar-refractivity contribution in [2.45, 2.75) is 0 Å². The molecule has 0 bridgehead atoms. The number of aromatic hydroxyl groups is 1. The topological polar surface area (TPSA) is 62.4 Å². The van der Waals surface area contributed by atoms with Gasteiger partial charge in [-0.25, -0.2) is 9.97 Å². The summed E-state index contributed by atoms with van der Waals surface area (Å²) in [7, 11) is 0. The number of rotatable bonds is 5. The van der Waals surface area contributed by atoms with E-state index in [9.17, 15) is 5.11 Å². The first-order chi connectivity index (χ1) is 20.7. The van der Waals surface area contributed by atoms with Crippen molar-refractivity contribution in [1.29, 1.82) is 0 Å². The summed E-state index contributed by atoms with van der Waals surface area (Å²) in [5.74, 6) is 1.04. The summed E-state index contributed by atoms with van der Waals surface area (Å²) in [5, 5.41) is 13.4. The van der Waals surface area contributed by atoms with Crippen LogP contribution in [0.2, 0.25) is 0 Å². The minimum absolute atomic E-state index is 0.229. The van der Waals surface area contributed by atoms with Gasteiger partial charge in [0.05, 0.1) is 26.9 Å². The smallest absolute Gasteiger partial charge is 0.137 e. The summed E-state index contributed by atoms with van der Waals surface area (Å²) in [6.45, 7) is 0. The predicted molar refractivity (Wildman–Crippen MR) is 172 cm³/mol. The average Bonchev–Trinajstić information content (AvgIpc) is 3.64. The van der Waals surface area contributed by atoms with E-state index in [0.29, 0.717) is 0 Å². The molecule has 0 radical (unpaired) electrons. The van der Waals surface area contributed by atoms with Crippen LogP contribution in [0.5, 0.6) is 5.75 Å². The number of benzene rings is 5. The van der Waals surface area contributed by atoms with E-state index in [1.54, 1.807) is 17.4 Å². The molecule has 0 saturated carbocycles. The van der Waals surface area contributed by atoms with E-state index in [1.807, 2.05) is 72.9 Å². The predicted octanol–water partition coefficient (Wildman–Crippen LogP) is 10.1. The molecule has 0 saturated heterocycles. The minimum atomic E-state index is 0.229. The average molecular weight is 562 g/mol. The zero-order valence-corrected chi connectivity index (χ0v) is 23.1. The highest BCUT2D eigenvalue weighted by atomic mass is 32.1. The molecule has 0 spiro atoms. The van der Waals surface area contributed by atoms with E-state index in [1.165, 1.54) is 0 Å². The molecule has 3 aromatic heterocycles. The third-order valence-electron chi connectivity index (χ3n) is 7.47. The molecule has 0 aliphatic heterocycles. The van der Waals surface area contributed by atoms with Crippen LogP contribution in [0, 0.1) is 0 Å². The Kier molecular flexibility index (Phi) is 5.72. The van der Waals surface area contributed by atoms with E-state index >= 15 is 0 Å². The first-order valence-corrected chi connectivity index (χ1v) is 14.5.